The molecule has 0 aromatic heterocycles. The molecule has 1 amide bonds. The zero-order valence-corrected chi connectivity index (χ0v) is 16.3. The Bertz CT molecular complexity index is 944. The molecule has 0 aliphatic carbocycles. The first kappa shape index (κ1) is 20.4. The molecular weight excluding hydrogens is 399 g/mol. The van der Waals surface area contributed by atoms with E-state index in [1.165, 1.54) is 50.4 Å². The molecule has 0 aliphatic heterocycles. The predicted molar refractivity (Wildman–Crippen MR) is 101 cm³/mol. The van der Waals surface area contributed by atoms with E-state index < -0.39 is 22.5 Å². The lowest BCUT2D eigenvalue weighted by Crippen LogP contribution is -2.35. The Kier molecular flexibility index (Phi) is 6.41. The molecule has 2 aromatic rings. The number of anilines is 1. The van der Waals surface area contributed by atoms with Crippen LogP contribution < -0.4 is 5.32 Å². The quantitative estimate of drug-likeness (QED) is 0.733. The molecule has 2 rings (SSSR count). The van der Waals surface area contributed by atoms with Crippen LogP contribution in [0.15, 0.2) is 47.4 Å². The van der Waals surface area contributed by atoms with E-state index in [2.05, 4.69) is 5.32 Å². The van der Waals surface area contributed by atoms with E-state index >= 15 is 0 Å². The lowest BCUT2D eigenvalue weighted by molar-refractivity contribution is -0.116. The van der Waals surface area contributed by atoms with Crippen LogP contribution in [0, 0.1) is 0 Å². The third-order valence-corrected chi connectivity index (χ3v) is 5.91. The highest BCUT2D eigenvalue weighted by atomic mass is 35.5. The van der Waals surface area contributed by atoms with Crippen molar-refractivity contribution >= 4 is 50.6 Å². The number of amides is 1. The summed E-state index contributed by atoms with van der Waals surface area (Å²) >= 11 is 11.8. The van der Waals surface area contributed by atoms with Gasteiger partial charge in [0.1, 0.15) is 0 Å². The summed E-state index contributed by atoms with van der Waals surface area (Å²) < 4.78 is 26.0. The summed E-state index contributed by atoms with van der Waals surface area (Å²) in [6.07, 6.45) is 0. The van der Waals surface area contributed by atoms with Gasteiger partial charge in [-0.25, -0.2) is 8.42 Å². The van der Waals surface area contributed by atoms with E-state index in [9.17, 15) is 18.0 Å². The molecule has 0 heterocycles. The minimum atomic E-state index is -3.88. The van der Waals surface area contributed by atoms with Gasteiger partial charge in [-0.15, -0.1) is 0 Å². The fraction of sp³-hybridized carbons (Fsp3) is 0.176. The molecule has 0 radical (unpaired) electrons. The van der Waals surface area contributed by atoms with E-state index in [-0.39, 0.29) is 15.7 Å². The second-order valence-electron chi connectivity index (χ2n) is 5.51. The van der Waals surface area contributed by atoms with E-state index in [1.54, 1.807) is 6.07 Å². The Labute approximate surface area is 161 Å². The monoisotopic (exact) mass is 414 g/mol. The number of likely N-dealkylation sites (N-methyl/N-ethyl adjacent to an activating group) is 1. The second-order valence-corrected chi connectivity index (χ2v) is 8.40. The summed E-state index contributed by atoms with van der Waals surface area (Å²) in [5, 5.41) is 3.20. The number of carbonyl (C=O) groups is 2. The number of nitrogens with zero attached hydrogens (tertiary/aromatic N) is 1. The number of Topliss-reactive ketones (excluding diaryl/α,β-unsaturated/α-hetero) is 1. The number of halogens is 2. The topological polar surface area (TPSA) is 83.6 Å². The number of rotatable bonds is 6. The molecule has 0 aliphatic rings. The molecule has 1 N–H and O–H groups in total. The Hall–Kier alpha value is -1.93. The number of sulfonamides is 1. The molecule has 26 heavy (non-hydrogen) atoms. The highest BCUT2D eigenvalue weighted by Crippen LogP contribution is 2.25. The van der Waals surface area contributed by atoms with E-state index in [1.807, 2.05) is 0 Å². The van der Waals surface area contributed by atoms with E-state index in [4.69, 9.17) is 23.2 Å². The van der Waals surface area contributed by atoms with Crippen molar-refractivity contribution in [3.63, 3.8) is 0 Å². The summed E-state index contributed by atoms with van der Waals surface area (Å²) in [7, 11) is -2.59. The minimum absolute atomic E-state index is 0.0117. The maximum atomic E-state index is 12.5. The van der Waals surface area contributed by atoms with Crippen molar-refractivity contribution in [1.82, 2.24) is 4.31 Å². The predicted octanol–water partition coefficient (Wildman–Crippen LogP) is 3.46. The fourth-order valence-corrected chi connectivity index (χ4v) is 3.69. The molecule has 2 aromatic carbocycles. The van der Waals surface area contributed by atoms with Crippen LogP contribution in [0.1, 0.15) is 17.3 Å². The number of nitrogens with one attached hydrogen (secondary N) is 1. The molecular formula is C17H16Cl2N2O4S. The van der Waals surface area contributed by atoms with E-state index in [0.717, 1.165) is 4.31 Å². The van der Waals surface area contributed by atoms with Gasteiger partial charge in [0.05, 0.1) is 22.2 Å². The first-order valence-electron chi connectivity index (χ1n) is 7.43. The van der Waals surface area contributed by atoms with Crippen LogP contribution in [0.3, 0.4) is 0 Å². The zero-order valence-electron chi connectivity index (χ0n) is 14.0. The van der Waals surface area contributed by atoms with Gasteiger partial charge in [-0.2, -0.15) is 4.31 Å². The Morgan fingerprint density at radius 2 is 1.69 bits per heavy atom. The lowest BCUT2D eigenvalue weighted by Gasteiger charge is -2.17. The maximum absolute atomic E-state index is 12.5. The Balaban J connectivity index is 2.10. The minimum Gasteiger partial charge on any atom is -0.324 e. The molecule has 0 atom stereocenters. The summed E-state index contributed by atoms with van der Waals surface area (Å²) in [5.41, 5.74) is 0.736. The lowest BCUT2D eigenvalue weighted by atomic mass is 10.2. The van der Waals surface area contributed by atoms with Gasteiger partial charge in [0.2, 0.25) is 15.9 Å². The Morgan fingerprint density at radius 3 is 2.23 bits per heavy atom. The number of hydrogen-bond acceptors (Lipinski definition) is 4. The van der Waals surface area contributed by atoms with Crippen LogP contribution in [0.25, 0.3) is 0 Å². The largest absolute Gasteiger partial charge is 0.324 e. The number of carbonyl (C=O) groups excluding carboxylic acids is 2. The molecule has 0 unspecified atom stereocenters. The molecule has 0 fully saturated rings. The van der Waals surface area contributed by atoms with Crippen molar-refractivity contribution in [2.75, 3.05) is 18.9 Å². The average Bonchev–Trinajstić information content (AvgIpc) is 2.57. The smallest absolute Gasteiger partial charge is 0.243 e. The van der Waals surface area contributed by atoms with Gasteiger partial charge >= 0.3 is 0 Å². The zero-order chi connectivity index (χ0) is 19.5. The molecule has 6 nitrogen and oxygen atoms in total. The number of benzene rings is 2. The normalized spacial score (nSPS) is 11.4. The van der Waals surface area contributed by atoms with Gasteiger partial charge in [-0.1, -0.05) is 35.3 Å². The van der Waals surface area contributed by atoms with Crippen molar-refractivity contribution in [2.45, 2.75) is 11.8 Å². The standard InChI is InChI=1S/C17H16Cl2N2O4S/c1-11(22)12-3-6-14(7-4-12)26(24,25)21(2)10-17(23)20-16-8-5-13(18)9-15(16)19/h3-9H,10H2,1-2H3,(H,20,23). The van der Waals surface area contributed by atoms with E-state index in [0.29, 0.717) is 16.3 Å². The van der Waals surface area contributed by atoms with Crippen molar-refractivity contribution in [2.24, 2.45) is 0 Å². The summed E-state index contributed by atoms with van der Waals surface area (Å²) in [4.78, 5) is 23.4. The highest BCUT2D eigenvalue weighted by molar-refractivity contribution is 7.89. The number of ketones is 1. The van der Waals surface area contributed by atoms with Crippen LogP contribution in [0.2, 0.25) is 10.0 Å². The van der Waals surface area contributed by atoms with Gasteiger partial charge in [0.25, 0.3) is 0 Å². The van der Waals surface area contributed by atoms with Crippen LogP contribution in [-0.2, 0) is 14.8 Å². The molecule has 0 bridgehead atoms. The molecule has 138 valence electrons. The highest BCUT2D eigenvalue weighted by Gasteiger charge is 2.23. The van der Waals surface area contributed by atoms with Gasteiger partial charge in [0.15, 0.2) is 5.78 Å². The van der Waals surface area contributed by atoms with Crippen molar-refractivity contribution in [3.05, 3.63) is 58.1 Å². The van der Waals surface area contributed by atoms with Gasteiger partial charge in [-0.05, 0) is 37.3 Å². The van der Waals surface area contributed by atoms with Crippen LogP contribution in [0.4, 0.5) is 5.69 Å². The third-order valence-electron chi connectivity index (χ3n) is 3.54. The first-order chi connectivity index (χ1) is 12.1. The van der Waals surface area contributed by atoms with Crippen LogP contribution >= 0.6 is 23.2 Å². The molecule has 9 heteroatoms. The van der Waals surface area contributed by atoms with Crippen LogP contribution in [-0.4, -0.2) is 38.0 Å². The first-order valence-corrected chi connectivity index (χ1v) is 9.63. The van der Waals surface area contributed by atoms with Crippen molar-refractivity contribution in [3.8, 4) is 0 Å². The Morgan fingerprint density at radius 1 is 1.08 bits per heavy atom. The van der Waals surface area contributed by atoms with Gasteiger partial charge < -0.3 is 5.32 Å². The third kappa shape index (κ3) is 4.82. The van der Waals surface area contributed by atoms with Gasteiger partial charge in [-0.3, -0.25) is 9.59 Å². The van der Waals surface area contributed by atoms with Crippen LogP contribution in [0.5, 0.6) is 0 Å². The summed E-state index contributed by atoms with van der Waals surface area (Å²) in [5.74, 6) is -0.720. The fourth-order valence-electron chi connectivity index (χ4n) is 2.11. The number of hydrogen-bond donors (Lipinski definition) is 1. The average molecular weight is 415 g/mol. The molecule has 0 saturated heterocycles. The second kappa shape index (κ2) is 8.18. The van der Waals surface area contributed by atoms with Crippen molar-refractivity contribution in [1.29, 1.82) is 0 Å². The molecule has 0 saturated carbocycles. The van der Waals surface area contributed by atoms with Gasteiger partial charge in [0, 0.05) is 17.6 Å². The maximum Gasteiger partial charge on any atom is 0.243 e. The summed E-state index contributed by atoms with van der Waals surface area (Å²) in [6.45, 7) is 0.984. The van der Waals surface area contributed by atoms with Crippen molar-refractivity contribution < 1.29 is 18.0 Å². The molecule has 0 spiro atoms. The summed E-state index contributed by atoms with van der Waals surface area (Å²) in [6, 6.07) is 10.1. The SMILES string of the molecule is CC(=O)c1ccc(S(=O)(=O)N(C)CC(=O)Nc2ccc(Cl)cc2Cl)cc1.